The number of fused-ring (bicyclic) bond motifs is 2. The Balaban J connectivity index is 1.34. The molecule has 2 aliphatic heterocycles. The number of ether oxygens (including phenoxy) is 2. The van der Waals surface area contributed by atoms with Crippen molar-refractivity contribution in [3.05, 3.63) is 22.4 Å². The van der Waals surface area contributed by atoms with Gasteiger partial charge in [0.05, 0.1) is 11.7 Å². The Hall–Kier alpha value is -1.62. The van der Waals surface area contributed by atoms with Gasteiger partial charge in [0, 0.05) is 30.0 Å². The molecule has 4 rings (SSSR count). The van der Waals surface area contributed by atoms with E-state index >= 15 is 0 Å². The van der Waals surface area contributed by atoms with Gasteiger partial charge in [0.15, 0.2) is 6.61 Å². The van der Waals surface area contributed by atoms with E-state index in [1.165, 1.54) is 13.0 Å². The molecule has 3 atom stereocenters. The van der Waals surface area contributed by atoms with Crippen LogP contribution in [0, 0.1) is 17.8 Å². The average Bonchev–Trinajstić information content (AvgIpc) is 3.30. The lowest BCUT2D eigenvalue weighted by Crippen LogP contribution is -2.32. The fraction of sp³-hybridized carbons (Fsp3) is 0.467. The molecule has 0 aromatic carbocycles. The summed E-state index contributed by atoms with van der Waals surface area (Å²) in [6.07, 6.45) is 1.43. The molecule has 2 aliphatic rings. The molecule has 0 N–H and O–H groups in total. The molecule has 2 aromatic rings. The molecule has 2 fully saturated rings. The largest absolute Gasteiger partial charge is 0.468 e. The molecule has 2 saturated heterocycles. The number of thiophene rings is 1. The summed E-state index contributed by atoms with van der Waals surface area (Å²) in [6.45, 7) is 3.61. The van der Waals surface area contributed by atoms with Crippen molar-refractivity contribution in [2.75, 3.05) is 26.2 Å². The number of hydrogen-bond donors (Lipinski definition) is 0. The van der Waals surface area contributed by atoms with Crippen molar-refractivity contribution in [2.24, 2.45) is 5.92 Å². The second kappa shape index (κ2) is 6.24. The van der Waals surface area contributed by atoms with E-state index in [0.717, 1.165) is 30.4 Å². The first kappa shape index (κ1) is 14.0. The topological polar surface area (TPSA) is 47.5 Å². The highest BCUT2D eigenvalue weighted by molar-refractivity contribution is 7.08. The minimum absolute atomic E-state index is 0.219. The van der Waals surface area contributed by atoms with E-state index in [9.17, 15) is 0 Å². The van der Waals surface area contributed by atoms with Crippen LogP contribution in [-0.2, 0) is 0 Å². The summed E-state index contributed by atoms with van der Waals surface area (Å²) in [4.78, 5) is 2.43. The van der Waals surface area contributed by atoms with Crippen LogP contribution < -0.4 is 9.47 Å². The van der Waals surface area contributed by atoms with Gasteiger partial charge < -0.3 is 9.47 Å². The molecule has 0 aliphatic carbocycles. The van der Waals surface area contributed by atoms with Crippen molar-refractivity contribution < 1.29 is 9.47 Å². The Morgan fingerprint density at radius 1 is 1.32 bits per heavy atom. The second-order valence-electron chi connectivity index (χ2n) is 5.44. The highest BCUT2D eigenvalue weighted by Crippen LogP contribution is 2.33. The van der Waals surface area contributed by atoms with Gasteiger partial charge in [-0.3, -0.25) is 4.90 Å². The van der Waals surface area contributed by atoms with E-state index in [1.807, 2.05) is 16.8 Å². The summed E-state index contributed by atoms with van der Waals surface area (Å²) >= 11 is 2.75. The first-order valence-electron chi connectivity index (χ1n) is 7.24. The Kier molecular flexibility index (Phi) is 3.97. The number of nitrogens with zero attached hydrogens (tertiary/aromatic N) is 3. The van der Waals surface area contributed by atoms with Gasteiger partial charge in [0.2, 0.25) is 0 Å². The monoisotopic (exact) mass is 333 g/mol. The smallest absolute Gasteiger partial charge is 0.292 e. The van der Waals surface area contributed by atoms with Crippen molar-refractivity contribution in [1.82, 2.24) is 13.6 Å². The third kappa shape index (κ3) is 2.95. The van der Waals surface area contributed by atoms with Crippen LogP contribution in [-0.4, -0.2) is 46.0 Å². The van der Waals surface area contributed by atoms with Crippen LogP contribution in [0.1, 0.15) is 12.0 Å². The van der Waals surface area contributed by atoms with Crippen LogP contribution in [0.3, 0.4) is 0 Å². The lowest BCUT2D eigenvalue weighted by molar-refractivity contribution is 0.131. The van der Waals surface area contributed by atoms with E-state index in [-0.39, 0.29) is 12.7 Å². The Morgan fingerprint density at radius 2 is 2.27 bits per heavy atom. The van der Waals surface area contributed by atoms with Crippen LogP contribution in [0.2, 0.25) is 0 Å². The molecule has 2 bridgehead atoms. The zero-order valence-corrected chi connectivity index (χ0v) is 13.5. The quantitative estimate of drug-likeness (QED) is 0.802. The normalized spacial score (nSPS) is 25.7. The average molecular weight is 333 g/mol. The molecule has 114 valence electrons. The summed E-state index contributed by atoms with van der Waals surface area (Å²) < 4.78 is 20.0. The first-order valence-corrected chi connectivity index (χ1v) is 8.91. The zero-order chi connectivity index (χ0) is 14.8. The third-order valence-corrected chi connectivity index (χ3v) is 5.18. The van der Waals surface area contributed by atoms with Crippen molar-refractivity contribution >= 4 is 23.1 Å². The van der Waals surface area contributed by atoms with Crippen molar-refractivity contribution in [3.63, 3.8) is 0 Å². The van der Waals surface area contributed by atoms with Crippen molar-refractivity contribution in [1.29, 1.82) is 0 Å². The van der Waals surface area contributed by atoms with Crippen LogP contribution in [0.15, 0.2) is 16.8 Å². The highest BCUT2D eigenvalue weighted by Gasteiger charge is 2.40. The maximum atomic E-state index is 6.01. The van der Waals surface area contributed by atoms with Gasteiger partial charge in [-0.15, -0.1) is 8.75 Å². The number of piperidine rings is 1. The van der Waals surface area contributed by atoms with Crippen LogP contribution in [0.25, 0.3) is 0 Å². The molecular formula is C15H15N3O2S2. The molecule has 3 unspecified atom stereocenters. The van der Waals surface area contributed by atoms with Gasteiger partial charge in [0.25, 0.3) is 11.8 Å². The molecule has 0 radical (unpaired) electrons. The summed E-state index contributed by atoms with van der Waals surface area (Å²) in [5, 5.41) is 4.02. The van der Waals surface area contributed by atoms with E-state index in [1.54, 1.807) is 11.3 Å². The van der Waals surface area contributed by atoms with E-state index < -0.39 is 0 Å². The maximum absolute atomic E-state index is 6.01. The molecule has 0 spiro atoms. The van der Waals surface area contributed by atoms with Crippen LogP contribution in [0.4, 0.5) is 0 Å². The third-order valence-electron chi connectivity index (χ3n) is 4.00. The molecule has 5 nitrogen and oxygen atoms in total. The lowest BCUT2D eigenvalue weighted by Gasteiger charge is -2.22. The van der Waals surface area contributed by atoms with E-state index in [4.69, 9.17) is 9.47 Å². The molecular weight excluding hydrogens is 318 g/mol. The fourth-order valence-corrected chi connectivity index (χ4v) is 3.95. The molecule has 0 saturated carbocycles. The maximum Gasteiger partial charge on any atom is 0.292 e. The summed E-state index contributed by atoms with van der Waals surface area (Å²) in [5.41, 5.74) is 1.01. The van der Waals surface area contributed by atoms with Crippen LogP contribution >= 0.6 is 23.1 Å². The minimum atomic E-state index is 0.219. The van der Waals surface area contributed by atoms with Gasteiger partial charge in [0.1, 0.15) is 6.10 Å². The molecule has 22 heavy (non-hydrogen) atoms. The van der Waals surface area contributed by atoms with Gasteiger partial charge >= 0.3 is 0 Å². The first-order chi connectivity index (χ1) is 10.9. The Morgan fingerprint density at radius 3 is 3.05 bits per heavy atom. The van der Waals surface area contributed by atoms with E-state index in [2.05, 4.69) is 25.5 Å². The fourth-order valence-electron chi connectivity index (χ4n) is 2.92. The SMILES string of the molecule is C(#Cc1ccsc1)COc1nsnc1OC1CN2CCC1C2. The van der Waals surface area contributed by atoms with E-state index in [0.29, 0.717) is 17.7 Å². The Labute approximate surface area is 137 Å². The number of rotatable bonds is 4. The van der Waals surface area contributed by atoms with Gasteiger partial charge in [-0.1, -0.05) is 11.8 Å². The number of aromatic nitrogens is 2. The molecule has 0 amide bonds. The molecule has 2 aromatic heterocycles. The Bertz CT molecular complexity index is 689. The van der Waals surface area contributed by atoms with Gasteiger partial charge in [-0.25, -0.2) is 0 Å². The van der Waals surface area contributed by atoms with Crippen molar-refractivity contribution in [2.45, 2.75) is 12.5 Å². The molecule has 7 heteroatoms. The standard InChI is InChI=1S/C15H15N3O2S2/c1(2-11-4-7-21-10-11)6-19-14-15(17-22-16-14)20-13-9-18-5-3-12(13)8-18/h4,7,10,12-13H,3,5-6,8-9H2. The second-order valence-corrected chi connectivity index (χ2v) is 6.75. The molecule has 4 heterocycles. The minimum Gasteiger partial charge on any atom is -0.468 e. The highest BCUT2D eigenvalue weighted by atomic mass is 32.1. The summed E-state index contributed by atoms with van der Waals surface area (Å²) in [7, 11) is 0. The predicted molar refractivity (Wildman–Crippen MR) is 85.6 cm³/mol. The lowest BCUT2D eigenvalue weighted by atomic mass is 10.0. The summed E-state index contributed by atoms with van der Waals surface area (Å²) in [6, 6.07) is 1.99. The van der Waals surface area contributed by atoms with Gasteiger partial charge in [-0.2, -0.15) is 11.3 Å². The van der Waals surface area contributed by atoms with Gasteiger partial charge in [-0.05, 0) is 24.4 Å². The zero-order valence-electron chi connectivity index (χ0n) is 11.9. The number of hydrogen-bond acceptors (Lipinski definition) is 7. The van der Waals surface area contributed by atoms with Crippen molar-refractivity contribution in [3.8, 4) is 23.6 Å². The summed E-state index contributed by atoms with van der Waals surface area (Å²) in [5.74, 6) is 7.62. The predicted octanol–water partition coefficient (Wildman–Crippen LogP) is 2.11. The van der Waals surface area contributed by atoms with Crippen LogP contribution in [0.5, 0.6) is 11.8 Å².